The zero-order chi connectivity index (χ0) is 15.5. The minimum Gasteiger partial charge on any atom is -0.468 e. The molecule has 5 nitrogen and oxygen atoms in total. The molecule has 6 heteroatoms. The lowest BCUT2D eigenvalue weighted by atomic mass is 10.2. The Hall–Kier alpha value is -1.63. The third-order valence-corrected chi connectivity index (χ3v) is 4.73. The smallest absolute Gasteiger partial charge is 0.240 e. The summed E-state index contributed by atoms with van der Waals surface area (Å²) in [6.07, 6.45) is 1.58. The van der Waals surface area contributed by atoms with Crippen LogP contribution in [0.3, 0.4) is 0 Å². The van der Waals surface area contributed by atoms with Gasteiger partial charge in [0, 0.05) is 6.54 Å². The number of aryl methyl sites for hydroxylation is 1. The highest BCUT2D eigenvalue weighted by Crippen LogP contribution is 2.19. The van der Waals surface area contributed by atoms with E-state index in [1.54, 1.807) is 36.6 Å². The Morgan fingerprint density at radius 1 is 1.19 bits per heavy atom. The summed E-state index contributed by atoms with van der Waals surface area (Å²) in [5, 5.41) is 0. The summed E-state index contributed by atoms with van der Waals surface area (Å²) >= 11 is 0. The monoisotopic (exact) mass is 308 g/mol. The van der Waals surface area contributed by atoms with Crippen molar-refractivity contribution in [1.29, 1.82) is 0 Å². The molecular weight excluding hydrogens is 288 g/mol. The normalized spacial score (nSPS) is 13.5. The molecule has 0 amide bonds. The zero-order valence-corrected chi connectivity index (χ0v) is 13.2. The number of hydrogen-bond donors (Lipinski definition) is 1. The average Bonchev–Trinajstić information content (AvgIpc) is 2.93. The zero-order valence-electron chi connectivity index (χ0n) is 12.4. The highest BCUT2D eigenvalue weighted by atomic mass is 32.2. The van der Waals surface area contributed by atoms with Crippen molar-refractivity contribution in [2.24, 2.45) is 0 Å². The molecule has 2 aromatic rings. The van der Waals surface area contributed by atoms with Crippen molar-refractivity contribution in [1.82, 2.24) is 9.62 Å². The van der Waals surface area contributed by atoms with Gasteiger partial charge in [-0.3, -0.25) is 4.90 Å². The van der Waals surface area contributed by atoms with Crippen molar-refractivity contribution in [3.63, 3.8) is 0 Å². The van der Waals surface area contributed by atoms with E-state index in [9.17, 15) is 8.42 Å². The molecule has 2 rings (SSSR count). The lowest BCUT2D eigenvalue weighted by Crippen LogP contribution is -2.34. The van der Waals surface area contributed by atoms with Crippen molar-refractivity contribution in [2.75, 3.05) is 20.6 Å². The van der Waals surface area contributed by atoms with E-state index in [-0.39, 0.29) is 17.5 Å². The molecule has 21 heavy (non-hydrogen) atoms. The molecule has 0 bridgehead atoms. The minimum absolute atomic E-state index is 0.153. The number of hydrogen-bond acceptors (Lipinski definition) is 4. The van der Waals surface area contributed by atoms with Crippen LogP contribution in [0, 0.1) is 6.92 Å². The van der Waals surface area contributed by atoms with Crippen LogP contribution in [0.5, 0.6) is 0 Å². The summed E-state index contributed by atoms with van der Waals surface area (Å²) < 4.78 is 32.6. The van der Waals surface area contributed by atoms with Crippen LogP contribution in [0.25, 0.3) is 0 Å². The Morgan fingerprint density at radius 2 is 1.86 bits per heavy atom. The van der Waals surface area contributed by atoms with Crippen molar-refractivity contribution in [3.8, 4) is 0 Å². The molecule has 1 heterocycles. The maximum atomic E-state index is 12.3. The Labute approximate surface area is 125 Å². The first kappa shape index (κ1) is 15.8. The highest BCUT2D eigenvalue weighted by molar-refractivity contribution is 7.89. The molecule has 0 aliphatic carbocycles. The summed E-state index contributed by atoms with van der Waals surface area (Å²) in [4.78, 5) is 2.18. The summed E-state index contributed by atoms with van der Waals surface area (Å²) in [6.45, 7) is 2.17. The molecule has 0 radical (unpaired) electrons. The van der Waals surface area contributed by atoms with Gasteiger partial charge in [-0.2, -0.15) is 0 Å². The van der Waals surface area contributed by atoms with Gasteiger partial charge in [0.15, 0.2) is 0 Å². The van der Waals surface area contributed by atoms with Crippen LogP contribution in [0.15, 0.2) is 52.0 Å². The predicted octanol–water partition coefficient (Wildman–Crippen LogP) is 2.17. The maximum Gasteiger partial charge on any atom is 0.240 e. The molecule has 0 saturated heterocycles. The third-order valence-electron chi connectivity index (χ3n) is 3.29. The molecule has 0 fully saturated rings. The Kier molecular flexibility index (Phi) is 4.82. The SMILES string of the molecule is Cc1ccc(S(=O)(=O)NC[C@H](c2ccco2)N(C)C)cc1. The van der Waals surface area contributed by atoms with Crippen LogP contribution in [-0.4, -0.2) is 34.0 Å². The lowest BCUT2D eigenvalue weighted by molar-refractivity contribution is 0.259. The second-order valence-corrected chi connectivity index (χ2v) is 6.93. The number of likely N-dealkylation sites (N-methyl/N-ethyl adjacent to an activating group) is 1. The number of nitrogens with one attached hydrogen (secondary N) is 1. The standard InChI is InChI=1S/C15H20N2O3S/c1-12-6-8-13(9-7-12)21(18,19)16-11-14(17(2)3)15-5-4-10-20-15/h4-10,14,16H,11H2,1-3H3/t14-/m1/s1. The van der Waals surface area contributed by atoms with Gasteiger partial charge in [-0.15, -0.1) is 0 Å². The van der Waals surface area contributed by atoms with Crippen LogP contribution in [0.4, 0.5) is 0 Å². The van der Waals surface area contributed by atoms with Crippen LogP contribution in [0.2, 0.25) is 0 Å². The Morgan fingerprint density at radius 3 is 2.38 bits per heavy atom. The molecule has 0 aliphatic rings. The van der Waals surface area contributed by atoms with Crippen molar-refractivity contribution in [3.05, 3.63) is 54.0 Å². The lowest BCUT2D eigenvalue weighted by Gasteiger charge is -2.22. The number of nitrogens with zero attached hydrogens (tertiary/aromatic N) is 1. The topological polar surface area (TPSA) is 62.6 Å². The third kappa shape index (κ3) is 3.93. The molecular formula is C15H20N2O3S. The predicted molar refractivity (Wildman–Crippen MR) is 81.5 cm³/mol. The fourth-order valence-electron chi connectivity index (χ4n) is 2.01. The van der Waals surface area contributed by atoms with Gasteiger partial charge in [0.25, 0.3) is 0 Å². The Balaban J connectivity index is 2.11. The van der Waals surface area contributed by atoms with Crippen LogP contribution in [-0.2, 0) is 10.0 Å². The van der Waals surface area contributed by atoms with E-state index < -0.39 is 10.0 Å². The summed E-state index contributed by atoms with van der Waals surface area (Å²) in [7, 11) is 0.250. The van der Waals surface area contributed by atoms with Gasteiger partial charge in [0.05, 0.1) is 17.2 Å². The fraction of sp³-hybridized carbons (Fsp3) is 0.333. The summed E-state index contributed by atoms with van der Waals surface area (Å²) in [6, 6.07) is 10.3. The van der Waals surface area contributed by atoms with Crippen LogP contribution < -0.4 is 4.72 Å². The molecule has 114 valence electrons. The maximum absolute atomic E-state index is 12.3. The fourth-order valence-corrected chi connectivity index (χ4v) is 3.05. The average molecular weight is 308 g/mol. The molecule has 0 unspecified atom stereocenters. The summed E-state index contributed by atoms with van der Waals surface area (Å²) in [5.41, 5.74) is 1.02. The molecule has 0 spiro atoms. The molecule has 1 aromatic heterocycles. The van der Waals surface area contributed by atoms with E-state index in [4.69, 9.17) is 4.42 Å². The molecule has 1 aromatic carbocycles. The van der Waals surface area contributed by atoms with Gasteiger partial charge in [-0.05, 0) is 45.3 Å². The first-order valence-corrected chi connectivity index (χ1v) is 8.14. The van der Waals surface area contributed by atoms with Gasteiger partial charge in [0.1, 0.15) is 5.76 Å². The van der Waals surface area contributed by atoms with Gasteiger partial charge in [-0.25, -0.2) is 13.1 Å². The first-order valence-electron chi connectivity index (χ1n) is 6.66. The first-order chi connectivity index (χ1) is 9.90. The number of rotatable bonds is 6. The van der Waals surface area contributed by atoms with E-state index in [1.165, 1.54) is 0 Å². The number of benzene rings is 1. The Bertz CT molecular complexity index is 661. The van der Waals surface area contributed by atoms with Gasteiger partial charge >= 0.3 is 0 Å². The number of sulfonamides is 1. The van der Waals surface area contributed by atoms with Crippen LogP contribution >= 0.6 is 0 Å². The molecule has 1 atom stereocenters. The van der Waals surface area contributed by atoms with Crippen molar-refractivity contribution < 1.29 is 12.8 Å². The van der Waals surface area contributed by atoms with Gasteiger partial charge < -0.3 is 4.42 Å². The van der Waals surface area contributed by atoms with Crippen molar-refractivity contribution in [2.45, 2.75) is 17.9 Å². The molecule has 0 aliphatic heterocycles. The quantitative estimate of drug-likeness (QED) is 0.888. The van der Waals surface area contributed by atoms with Crippen LogP contribution in [0.1, 0.15) is 17.4 Å². The van der Waals surface area contributed by atoms with E-state index >= 15 is 0 Å². The van der Waals surface area contributed by atoms with E-state index in [0.29, 0.717) is 0 Å². The summed E-state index contributed by atoms with van der Waals surface area (Å²) in [5.74, 6) is 0.728. The van der Waals surface area contributed by atoms with Gasteiger partial charge in [0.2, 0.25) is 10.0 Å². The van der Waals surface area contributed by atoms with Gasteiger partial charge in [-0.1, -0.05) is 17.7 Å². The minimum atomic E-state index is -3.52. The largest absolute Gasteiger partial charge is 0.468 e. The van der Waals surface area contributed by atoms with Crippen molar-refractivity contribution >= 4 is 10.0 Å². The number of furan rings is 1. The molecule has 1 N–H and O–H groups in total. The highest BCUT2D eigenvalue weighted by Gasteiger charge is 2.21. The second kappa shape index (κ2) is 6.43. The van der Waals surface area contributed by atoms with E-state index in [2.05, 4.69) is 4.72 Å². The van der Waals surface area contributed by atoms with E-state index in [0.717, 1.165) is 11.3 Å². The molecule has 0 saturated carbocycles. The second-order valence-electron chi connectivity index (χ2n) is 5.16. The van der Waals surface area contributed by atoms with E-state index in [1.807, 2.05) is 32.0 Å².